The van der Waals surface area contributed by atoms with Gasteiger partial charge < -0.3 is 24.6 Å². The van der Waals surface area contributed by atoms with Crippen molar-refractivity contribution in [3.05, 3.63) is 106 Å². The lowest BCUT2D eigenvalue weighted by atomic mass is 9.77. The first-order chi connectivity index (χ1) is 30.8. The second-order valence-electron chi connectivity index (χ2n) is 17.7. The molecule has 6 amide bonds. The van der Waals surface area contributed by atoms with Crippen LogP contribution in [0.3, 0.4) is 0 Å². The van der Waals surface area contributed by atoms with Crippen molar-refractivity contribution in [1.82, 2.24) is 34.8 Å². The van der Waals surface area contributed by atoms with E-state index in [1.54, 1.807) is 48.1 Å². The van der Waals surface area contributed by atoms with E-state index in [1.807, 2.05) is 48.4 Å². The van der Waals surface area contributed by atoms with Gasteiger partial charge in [0.25, 0.3) is 11.8 Å². The summed E-state index contributed by atoms with van der Waals surface area (Å²) in [4.78, 5) is 76.8. The van der Waals surface area contributed by atoms with Crippen LogP contribution < -0.4 is 15.1 Å². The average Bonchev–Trinajstić information content (AvgIpc) is 4.08. The fourth-order valence-electron chi connectivity index (χ4n) is 9.70. The average molecular weight is 888 g/mol. The Morgan fingerprint density at radius 2 is 1.70 bits per heavy atom. The molecule has 5 aromatic rings. The van der Waals surface area contributed by atoms with Gasteiger partial charge in [-0.1, -0.05) is 29.8 Å². The topological polar surface area (TPSA) is 147 Å². The fourth-order valence-corrected chi connectivity index (χ4v) is 9.91. The van der Waals surface area contributed by atoms with E-state index in [0.717, 1.165) is 54.7 Å². The number of hydrogen-bond acceptors (Lipinski definition) is 7. The molecule has 2 aromatic heterocycles. The lowest BCUT2D eigenvalue weighted by molar-refractivity contribution is -0.131. The van der Waals surface area contributed by atoms with Crippen LogP contribution >= 0.6 is 11.6 Å². The van der Waals surface area contributed by atoms with E-state index >= 15 is 4.39 Å². The summed E-state index contributed by atoms with van der Waals surface area (Å²) in [5, 5.41) is 7.51. The second-order valence-corrected chi connectivity index (χ2v) is 18.1. The van der Waals surface area contributed by atoms with Gasteiger partial charge in [0.05, 0.1) is 16.2 Å². The zero-order chi connectivity index (χ0) is 44.9. The maximum atomic E-state index is 16.6. The predicted molar refractivity (Wildman–Crippen MR) is 244 cm³/mol. The number of nitrogens with one attached hydrogen (secondary N) is 2. The summed E-state index contributed by atoms with van der Waals surface area (Å²) in [7, 11) is 3.32. The quantitative estimate of drug-likeness (QED) is 0.160. The molecule has 0 unspecified atom stereocenters. The Morgan fingerprint density at radius 3 is 2.42 bits per heavy atom. The Balaban J connectivity index is 0.904. The van der Waals surface area contributed by atoms with Crippen molar-refractivity contribution in [3.8, 4) is 11.1 Å². The molecule has 332 valence electrons. The van der Waals surface area contributed by atoms with Gasteiger partial charge in [0.15, 0.2) is 5.82 Å². The smallest absolute Gasteiger partial charge is 0.328 e. The number of nitrogens with zero attached hydrogens (tertiary/aromatic N) is 7. The van der Waals surface area contributed by atoms with Crippen molar-refractivity contribution in [1.29, 1.82) is 0 Å². The fraction of sp³-hybridized carbons (Fsp3) is 0.375. The largest absolute Gasteiger partial charge is 0.371 e. The van der Waals surface area contributed by atoms with E-state index < -0.39 is 11.8 Å². The molecule has 0 atom stereocenters. The van der Waals surface area contributed by atoms with Gasteiger partial charge in [-0.25, -0.2) is 9.18 Å². The summed E-state index contributed by atoms with van der Waals surface area (Å²) in [6.45, 7) is 6.20. The maximum Gasteiger partial charge on any atom is 0.328 e. The normalized spacial score (nSPS) is 17.6. The molecule has 3 saturated heterocycles. The van der Waals surface area contributed by atoms with Crippen molar-refractivity contribution >= 4 is 69.1 Å². The van der Waals surface area contributed by atoms with Gasteiger partial charge in [0, 0.05) is 114 Å². The number of carbonyl (C=O) groups is 5. The van der Waals surface area contributed by atoms with Crippen LogP contribution in [-0.2, 0) is 16.1 Å². The number of fused-ring (bicyclic) bond motifs is 1. The number of urea groups is 1. The Hall–Kier alpha value is -6.48. The number of benzene rings is 3. The van der Waals surface area contributed by atoms with Crippen LogP contribution in [0.5, 0.6) is 0 Å². The Bertz CT molecular complexity index is 2700. The van der Waals surface area contributed by atoms with Crippen LogP contribution in [0.2, 0.25) is 5.02 Å². The Kier molecular flexibility index (Phi) is 11.5. The number of carbonyl (C=O) groups excluding carboxylic acids is 5. The van der Waals surface area contributed by atoms with E-state index in [9.17, 15) is 24.0 Å². The number of halogens is 2. The van der Waals surface area contributed by atoms with Crippen LogP contribution in [0.4, 0.5) is 20.6 Å². The molecule has 14 nitrogen and oxygen atoms in total. The van der Waals surface area contributed by atoms with Gasteiger partial charge in [-0.15, -0.1) is 0 Å². The van der Waals surface area contributed by atoms with Gasteiger partial charge in [-0.3, -0.25) is 34.1 Å². The molecule has 0 saturated carbocycles. The highest BCUT2D eigenvalue weighted by Crippen LogP contribution is 2.43. The molecule has 0 bridgehead atoms. The van der Waals surface area contributed by atoms with Crippen LogP contribution in [0.15, 0.2) is 73.1 Å². The van der Waals surface area contributed by atoms with Gasteiger partial charge in [-0.2, -0.15) is 5.10 Å². The number of rotatable bonds is 9. The molecule has 2 N–H and O–H groups in total. The third-order valence-corrected chi connectivity index (χ3v) is 13.9. The van der Waals surface area contributed by atoms with Crippen molar-refractivity contribution < 1.29 is 28.4 Å². The molecule has 1 spiro atoms. The monoisotopic (exact) mass is 887 g/mol. The maximum absolute atomic E-state index is 16.6. The SMILES string of the molecule is Cc1cc(C(=O)N2CCC3(CCN(c4ccc(-c5cc(C6=CCCN(C(=O)CCn7cccn7)C6)c(F)c6[nH]c(C(=O)N(C)C)cc56)cc4)CC3)C2)cc(N2CCC(=O)NC2=O)c1Cl. The number of piperidine rings is 1. The molecule has 3 aromatic carbocycles. The number of aryl methyl sites for hydroxylation is 2. The number of imide groups is 1. The second kappa shape index (κ2) is 17.2. The molecule has 3 fully saturated rings. The lowest BCUT2D eigenvalue weighted by Gasteiger charge is -2.40. The number of hydrogen-bond donors (Lipinski definition) is 2. The van der Waals surface area contributed by atoms with Crippen LogP contribution in [0, 0.1) is 18.2 Å². The molecule has 64 heavy (non-hydrogen) atoms. The van der Waals surface area contributed by atoms with Crippen LogP contribution in [0.1, 0.15) is 70.5 Å². The van der Waals surface area contributed by atoms with E-state index in [4.69, 9.17) is 11.6 Å². The van der Waals surface area contributed by atoms with E-state index in [-0.39, 0.29) is 66.2 Å². The highest BCUT2D eigenvalue weighted by atomic mass is 35.5. The van der Waals surface area contributed by atoms with E-state index in [2.05, 4.69) is 32.4 Å². The highest BCUT2D eigenvalue weighted by molar-refractivity contribution is 6.35. The molecule has 0 radical (unpaired) electrons. The van der Waals surface area contributed by atoms with Crippen molar-refractivity contribution in [2.75, 3.05) is 69.7 Å². The third kappa shape index (κ3) is 8.24. The minimum absolute atomic E-state index is 0.0105. The minimum atomic E-state index is -0.550. The van der Waals surface area contributed by atoms with Gasteiger partial charge in [-0.05, 0) is 103 Å². The summed E-state index contributed by atoms with van der Waals surface area (Å²) >= 11 is 6.62. The van der Waals surface area contributed by atoms with E-state index in [0.29, 0.717) is 65.4 Å². The van der Waals surface area contributed by atoms with Gasteiger partial charge in [0.2, 0.25) is 11.8 Å². The van der Waals surface area contributed by atoms with Crippen molar-refractivity contribution in [2.45, 2.75) is 52.0 Å². The molecule has 4 aliphatic rings. The van der Waals surface area contributed by atoms with Gasteiger partial charge >= 0.3 is 6.03 Å². The van der Waals surface area contributed by atoms with E-state index in [1.165, 1.54) is 9.80 Å². The molecule has 6 heterocycles. The standard InChI is InChI=1S/C48H51ClFN9O5/c1-30-24-33(25-39(42(30)49)59-20-11-40(60)53-47(59)64)45(62)57-23-15-48(29-57)13-21-55(22-14-48)34-9-7-31(8-10-34)35-26-36(43(50)44-37(35)27-38(52-44)46(63)54(2)3)32-6-4-17-56(28-32)41(61)12-19-58-18-5-16-51-58/h5-10,16,18,24-27,52H,4,11-15,17,19-23,28-29H2,1-3H3,(H,53,60,64). The highest BCUT2D eigenvalue weighted by Gasteiger charge is 2.42. The Morgan fingerprint density at radius 1 is 0.938 bits per heavy atom. The molecule has 0 aliphatic carbocycles. The van der Waals surface area contributed by atoms with Crippen LogP contribution in [0.25, 0.3) is 27.6 Å². The summed E-state index contributed by atoms with van der Waals surface area (Å²) in [6, 6.07) is 16.5. The first kappa shape index (κ1) is 42.8. The molecular weight excluding hydrogens is 837 g/mol. The zero-order valence-corrected chi connectivity index (χ0v) is 37.0. The van der Waals surface area contributed by atoms with Crippen molar-refractivity contribution in [2.24, 2.45) is 5.41 Å². The van der Waals surface area contributed by atoms with Crippen molar-refractivity contribution in [3.63, 3.8) is 0 Å². The summed E-state index contributed by atoms with van der Waals surface area (Å²) in [5.74, 6) is -1.19. The number of anilines is 2. The number of likely N-dealkylation sites (tertiary alicyclic amines) is 1. The Labute approximate surface area is 375 Å². The predicted octanol–water partition coefficient (Wildman–Crippen LogP) is 7.12. The third-order valence-electron chi connectivity index (χ3n) is 13.4. The lowest BCUT2D eigenvalue weighted by Crippen LogP contribution is -2.49. The molecule has 9 rings (SSSR count). The summed E-state index contributed by atoms with van der Waals surface area (Å²) < 4.78 is 18.4. The molecular formula is C48H51ClFN9O5. The van der Waals surface area contributed by atoms with Gasteiger partial charge in [0.1, 0.15) is 5.69 Å². The number of aromatic amines is 1. The first-order valence-electron chi connectivity index (χ1n) is 21.9. The number of aromatic nitrogens is 3. The zero-order valence-electron chi connectivity index (χ0n) is 36.3. The summed E-state index contributed by atoms with van der Waals surface area (Å²) in [6.07, 6.45) is 9.27. The first-order valence-corrected chi connectivity index (χ1v) is 22.2. The summed E-state index contributed by atoms with van der Waals surface area (Å²) in [5.41, 5.74) is 5.91. The number of H-pyrrole nitrogens is 1. The molecule has 4 aliphatic heterocycles. The minimum Gasteiger partial charge on any atom is -0.371 e. The van der Waals surface area contributed by atoms with Crippen LogP contribution in [-0.4, -0.2) is 119 Å². The number of amides is 6. The molecule has 16 heteroatoms.